The Labute approximate surface area is 150 Å². The molecular weight excluding hydrogens is 374 g/mol. The minimum absolute atomic E-state index is 0.0255. The van der Waals surface area contributed by atoms with Crippen molar-refractivity contribution in [1.82, 2.24) is 10.3 Å². The minimum Gasteiger partial charge on any atom is -0.492 e. The van der Waals surface area contributed by atoms with Crippen LogP contribution in [-0.4, -0.2) is 36.4 Å². The molecule has 2 amide bonds. The van der Waals surface area contributed by atoms with Gasteiger partial charge in [-0.25, -0.2) is 5.84 Å². The molecule has 0 bridgehead atoms. The molecule has 1 aliphatic rings. The van der Waals surface area contributed by atoms with Crippen LogP contribution < -0.4 is 16.0 Å². The average molecular weight is 398 g/mol. The number of hydrogen-bond donors (Lipinski definition) is 2. The molecule has 132 valence electrons. The van der Waals surface area contributed by atoms with E-state index >= 15 is 0 Å². The van der Waals surface area contributed by atoms with Gasteiger partial charge in [-0.2, -0.15) is 0 Å². The maximum atomic E-state index is 12.6. The van der Waals surface area contributed by atoms with Gasteiger partial charge < -0.3 is 9.64 Å². The van der Waals surface area contributed by atoms with Crippen LogP contribution >= 0.6 is 15.9 Å². The Morgan fingerprint density at radius 1 is 1.38 bits per heavy atom. The number of ether oxygens (including phenoxy) is 1. The first-order valence-corrected chi connectivity index (χ1v) is 9.08. The summed E-state index contributed by atoms with van der Waals surface area (Å²) in [7, 11) is 0. The Morgan fingerprint density at radius 3 is 2.67 bits per heavy atom. The smallest absolute Gasteiger partial charge is 0.253 e. The lowest BCUT2D eigenvalue weighted by molar-refractivity contribution is -0.126. The first-order valence-electron chi connectivity index (χ1n) is 8.29. The molecule has 0 aromatic heterocycles. The summed E-state index contributed by atoms with van der Waals surface area (Å²) < 4.78 is 6.46. The minimum atomic E-state index is -0.154. The Kier molecular flexibility index (Phi) is 7.05. The van der Waals surface area contributed by atoms with Gasteiger partial charge >= 0.3 is 0 Å². The van der Waals surface area contributed by atoms with Gasteiger partial charge in [-0.05, 0) is 53.4 Å². The highest BCUT2D eigenvalue weighted by molar-refractivity contribution is 9.10. The zero-order valence-corrected chi connectivity index (χ0v) is 15.5. The molecule has 3 N–H and O–H groups in total. The molecule has 1 aromatic carbocycles. The van der Waals surface area contributed by atoms with Gasteiger partial charge in [0.25, 0.3) is 5.91 Å². The van der Waals surface area contributed by atoms with Crippen molar-refractivity contribution in [3.63, 3.8) is 0 Å². The number of nitrogens with one attached hydrogen (secondary N) is 1. The Hall–Kier alpha value is -1.60. The molecule has 1 aliphatic heterocycles. The van der Waals surface area contributed by atoms with Crippen molar-refractivity contribution in [2.24, 2.45) is 11.8 Å². The number of nitrogens with two attached hydrogens (primary N) is 1. The number of amides is 2. The molecule has 1 heterocycles. The van der Waals surface area contributed by atoms with Crippen LogP contribution in [0.15, 0.2) is 22.7 Å². The summed E-state index contributed by atoms with van der Waals surface area (Å²) in [4.78, 5) is 25.9. The molecule has 6 nitrogen and oxygen atoms in total. The number of halogens is 1. The molecule has 0 radical (unpaired) electrons. The maximum absolute atomic E-state index is 12.6. The number of hydrogen-bond acceptors (Lipinski definition) is 4. The molecule has 0 spiro atoms. The number of nitrogens with zero attached hydrogens (tertiary/aromatic N) is 1. The summed E-state index contributed by atoms with van der Waals surface area (Å²) in [5.41, 5.74) is 2.80. The first-order chi connectivity index (χ1) is 11.6. The van der Waals surface area contributed by atoms with Crippen molar-refractivity contribution < 1.29 is 14.3 Å². The van der Waals surface area contributed by atoms with E-state index in [1.54, 1.807) is 17.0 Å². The van der Waals surface area contributed by atoms with E-state index in [9.17, 15) is 9.59 Å². The highest BCUT2D eigenvalue weighted by Crippen LogP contribution is 2.27. The molecular formula is C17H24BrN3O3. The SMILES string of the molecule is CCCCOc1ccc(C(=O)N2CCC(C(=O)NN)CC2)cc1Br. The molecule has 1 fully saturated rings. The van der Waals surface area contributed by atoms with Crippen molar-refractivity contribution in [2.75, 3.05) is 19.7 Å². The Bertz CT molecular complexity index is 586. The van der Waals surface area contributed by atoms with Gasteiger partial charge in [-0.3, -0.25) is 15.0 Å². The third-order valence-corrected chi connectivity index (χ3v) is 4.85. The molecule has 0 atom stereocenters. The average Bonchev–Trinajstić information content (AvgIpc) is 2.62. The largest absolute Gasteiger partial charge is 0.492 e. The second-order valence-electron chi connectivity index (χ2n) is 5.92. The first kappa shape index (κ1) is 18.7. The topological polar surface area (TPSA) is 84.7 Å². The third kappa shape index (κ3) is 4.70. The van der Waals surface area contributed by atoms with Gasteiger partial charge in [0, 0.05) is 24.6 Å². The van der Waals surface area contributed by atoms with E-state index in [-0.39, 0.29) is 17.7 Å². The molecule has 0 aliphatic carbocycles. The van der Waals surface area contributed by atoms with Crippen molar-refractivity contribution in [1.29, 1.82) is 0 Å². The molecule has 2 rings (SSSR count). The van der Waals surface area contributed by atoms with E-state index in [1.807, 2.05) is 6.07 Å². The Morgan fingerprint density at radius 2 is 2.08 bits per heavy atom. The lowest BCUT2D eigenvalue weighted by atomic mass is 9.95. The fraction of sp³-hybridized carbons (Fsp3) is 0.529. The van der Waals surface area contributed by atoms with Gasteiger partial charge in [0.15, 0.2) is 0 Å². The second kappa shape index (κ2) is 9.03. The second-order valence-corrected chi connectivity index (χ2v) is 6.78. The lowest BCUT2D eigenvalue weighted by Crippen LogP contribution is -2.44. The third-order valence-electron chi connectivity index (χ3n) is 4.23. The van der Waals surface area contributed by atoms with Crippen molar-refractivity contribution >= 4 is 27.7 Å². The number of carbonyl (C=O) groups is 2. The van der Waals surface area contributed by atoms with E-state index in [4.69, 9.17) is 10.6 Å². The molecule has 0 unspecified atom stereocenters. The molecule has 7 heteroatoms. The van der Waals surface area contributed by atoms with Gasteiger partial charge in [0.1, 0.15) is 5.75 Å². The van der Waals surface area contributed by atoms with Crippen LogP contribution in [0.25, 0.3) is 0 Å². The van der Waals surface area contributed by atoms with Gasteiger partial charge in [0.2, 0.25) is 5.91 Å². The summed E-state index contributed by atoms with van der Waals surface area (Å²) in [6, 6.07) is 5.40. The van der Waals surface area contributed by atoms with E-state index in [0.717, 1.165) is 23.1 Å². The highest BCUT2D eigenvalue weighted by atomic mass is 79.9. The number of hydrazine groups is 1. The van der Waals surface area contributed by atoms with Gasteiger partial charge in [-0.15, -0.1) is 0 Å². The fourth-order valence-corrected chi connectivity index (χ4v) is 3.22. The number of unbranched alkanes of at least 4 members (excludes halogenated alkanes) is 1. The molecule has 1 saturated heterocycles. The summed E-state index contributed by atoms with van der Waals surface area (Å²) in [5, 5.41) is 0. The predicted octanol–water partition coefficient (Wildman–Crippen LogP) is 2.47. The number of benzene rings is 1. The molecule has 0 saturated carbocycles. The van der Waals surface area contributed by atoms with Crippen LogP contribution in [0.4, 0.5) is 0 Å². The van der Waals surface area contributed by atoms with E-state index < -0.39 is 0 Å². The van der Waals surface area contributed by atoms with Crippen LogP contribution in [0, 0.1) is 5.92 Å². The van der Waals surface area contributed by atoms with Crippen molar-refractivity contribution in [3.05, 3.63) is 28.2 Å². The van der Waals surface area contributed by atoms with Crippen molar-refractivity contribution in [2.45, 2.75) is 32.6 Å². The number of carbonyl (C=O) groups excluding carboxylic acids is 2. The summed E-state index contributed by atoms with van der Waals surface area (Å²) >= 11 is 3.47. The Balaban J connectivity index is 1.95. The molecule has 1 aromatic rings. The number of likely N-dealkylation sites (tertiary alicyclic amines) is 1. The molecule has 24 heavy (non-hydrogen) atoms. The standard InChI is InChI=1S/C17H24BrN3O3/c1-2-3-10-24-15-5-4-13(11-14(15)18)17(23)21-8-6-12(7-9-21)16(22)20-19/h4-5,11-12H,2-3,6-10,19H2,1H3,(H,20,22). The zero-order valence-electron chi connectivity index (χ0n) is 13.9. The highest BCUT2D eigenvalue weighted by Gasteiger charge is 2.27. The fourth-order valence-electron chi connectivity index (χ4n) is 2.72. The van der Waals surface area contributed by atoms with Crippen LogP contribution in [0.5, 0.6) is 5.75 Å². The summed E-state index contributed by atoms with van der Waals surface area (Å²) in [6.07, 6.45) is 3.34. The van der Waals surface area contributed by atoms with E-state index in [0.29, 0.717) is 38.1 Å². The lowest BCUT2D eigenvalue weighted by Gasteiger charge is -2.31. The zero-order chi connectivity index (χ0) is 17.5. The number of rotatable bonds is 6. The maximum Gasteiger partial charge on any atom is 0.253 e. The van der Waals surface area contributed by atoms with E-state index in [2.05, 4.69) is 28.3 Å². The summed E-state index contributed by atoms with van der Waals surface area (Å²) in [5.74, 6) is 5.62. The van der Waals surface area contributed by atoms with Crippen LogP contribution in [0.2, 0.25) is 0 Å². The monoisotopic (exact) mass is 397 g/mol. The summed E-state index contributed by atoms with van der Waals surface area (Å²) in [6.45, 7) is 3.90. The quantitative estimate of drug-likeness (QED) is 0.334. The predicted molar refractivity (Wildman–Crippen MR) is 95.5 cm³/mol. The van der Waals surface area contributed by atoms with E-state index in [1.165, 1.54) is 0 Å². The number of piperidine rings is 1. The van der Waals surface area contributed by atoms with Crippen molar-refractivity contribution in [3.8, 4) is 5.75 Å². The van der Waals surface area contributed by atoms with Crippen LogP contribution in [0.3, 0.4) is 0 Å². The van der Waals surface area contributed by atoms with Gasteiger partial charge in [-0.1, -0.05) is 13.3 Å². The van der Waals surface area contributed by atoms with Crippen LogP contribution in [-0.2, 0) is 4.79 Å². The normalized spacial score (nSPS) is 15.2. The van der Waals surface area contributed by atoms with Crippen LogP contribution in [0.1, 0.15) is 43.0 Å². The van der Waals surface area contributed by atoms with Gasteiger partial charge in [0.05, 0.1) is 11.1 Å².